The van der Waals surface area contributed by atoms with Crippen molar-refractivity contribution in [1.82, 2.24) is 9.97 Å². The minimum Gasteiger partial charge on any atom is -0.482 e. The van der Waals surface area contributed by atoms with E-state index >= 15 is 0 Å². The third-order valence-electron chi connectivity index (χ3n) is 4.03. The van der Waals surface area contributed by atoms with Crippen LogP contribution in [-0.4, -0.2) is 38.6 Å². The lowest BCUT2D eigenvalue weighted by molar-refractivity contribution is -0.139. The number of carbonyl (C=O) groups is 1. The number of nitrogens with two attached hydrogens (primary N) is 1. The van der Waals surface area contributed by atoms with Crippen molar-refractivity contribution in [3.63, 3.8) is 0 Å². The van der Waals surface area contributed by atoms with Gasteiger partial charge in [-0.2, -0.15) is 0 Å². The fourth-order valence-electron chi connectivity index (χ4n) is 2.68. The molecule has 0 radical (unpaired) electrons. The molecule has 0 saturated heterocycles. The van der Waals surface area contributed by atoms with Gasteiger partial charge in [-0.3, -0.25) is 0 Å². The number of halogens is 1. The molecule has 3 rings (SSSR count). The van der Waals surface area contributed by atoms with Crippen molar-refractivity contribution < 1.29 is 24.1 Å². The molecule has 1 aromatic heterocycles. The predicted molar refractivity (Wildman–Crippen MR) is 109 cm³/mol. The fourth-order valence-corrected chi connectivity index (χ4v) is 2.68. The van der Waals surface area contributed by atoms with Crippen LogP contribution in [0.15, 0.2) is 59.6 Å². The second kappa shape index (κ2) is 9.10. The van der Waals surface area contributed by atoms with Gasteiger partial charge in [0.2, 0.25) is 0 Å². The van der Waals surface area contributed by atoms with Crippen molar-refractivity contribution in [3.8, 4) is 5.75 Å². The average molecular weight is 410 g/mol. The first-order valence-electron chi connectivity index (χ1n) is 8.94. The number of fused-ring (bicyclic) bond motifs is 1. The Balaban J connectivity index is 2.12. The molecule has 0 aliphatic heterocycles. The predicted octanol–water partition coefficient (Wildman–Crippen LogP) is 2.88. The highest BCUT2D eigenvalue weighted by Crippen LogP contribution is 2.30. The van der Waals surface area contributed by atoms with Crippen molar-refractivity contribution in [3.05, 3.63) is 71.8 Å². The number of amidine groups is 1. The number of carboxylic acid groups (broad SMARTS) is 1. The highest BCUT2D eigenvalue weighted by molar-refractivity contribution is 5.97. The molecule has 2 aromatic carbocycles. The van der Waals surface area contributed by atoms with Crippen molar-refractivity contribution in [1.29, 1.82) is 0 Å². The van der Waals surface area contributed by atoms with Gasteiger partial charge in [-0.15, -0.1) is 0 Å². The highest BCUT2D eigenvalue weighted by atomic mass is 19.1. The second-order valence-corrected chi connectivity index (χ2v) is 6.26. The van der Waals surface area contributed by atoms with E-state index in [1.807, 2.05) is 0 Å². The Morgan fingerprint density at radius 1 is 1.27 bits per heavy atom. The number of benzene rings is 2. The molecule has 0 aliphatic carbocycles. The first kappa shape index (κ1) is 20.9. The van der Waals surface area contributed by atoms with E-state index in [0.717, 1.165) is 0 Å². The van der Waals surface area contributed by atoms with Crippen molar-refractivity contribution in [2.45, 2.75) is 13.0 Å². The number of rotatable bonds is 7. The standard InChI is InChI=1S/C21H19FN4O4/c1-2-3-17(23)25-20-15-9-8-14(30-11-18(27)28)10-16(15)24-21(26-20)19(29)12-4-6-13(22)7-5-12/h2-10,19,29H,11H2,1H3,(H,27,28)(H2,23,24,25,26)/b3-2+. The van der Waals surface area contributed by atoms with Crippen molar-refractivity contribution >= 4 is 28.5 Å². The van der Waals surface area contributed by atoms with Gasteiger partial charge in [-0.05, 0) is 42.8 Å². The summed E-state index contributed by atoms with van der Waals surface area (Å²) in [4.78, 5) is 23.7. The molecule has 0 spiro atoms. The van der Waals surface area contributed by atoms with Crippen LogP contribution in [0.2, 0.25) is 0 Å². The van der Waals surface area contributed by atoms with E-state index in [1.54, 1.807) is 31.2 Å². The molecule has 9 heteroatoms. The van der Waals surface area contributed by atoms with Gasteiger partial charge >= 0.3 is 5.97 Å². The summed E-state index contributed by atoms with van der Waals surface area (Å²) < 4.78 is 18.4. The summed E-state index contributed by atoms with van der Waals surface area (Å²) in [5, 5.41) is 20.0. The maximum atomic E-state index is 13.2. The molecular weight excluding hydrogens is 391 g/mol. The molecule has 0 bridgehead atoms. The van der Waals surface area contributed by atoms with E-state index in [0.29, 0.717) is 16.5 Å². The lowest BCUT2D eigenvalue weighted by atomic mass is 10.1. The maximum Gasteiger partial charge on any atom is 0.341 e. The van der Waals surface area contributed by atoms with Crippen LogP contribution in [-0.2, 0) is 4.79 Å². The van der Waals surface area contributed by atoms with E-state index in [2.05, 4.69) is 15.0 Å². The number of carboxylic acids is 1. The molecule has 0 fully saturated rings. The maximum absolute atomic E-state index is 13.2. The summed E-state index contributed by atoms with van der Waals surface area (Å²) in [5.74, 6) is -0.828. The van der Waals surface area contributed by atoms with Gasteiger partial charge in [0, 0.05) is 11.5 Å². The average Bonchev–Trinajstić information content (AvgIpc) is 2.72. The zero-order chi connectivity index (χ0) is 21.7. The summed E-state index contributed by atoms with van der Waals surface area (Å²) in [5.41, 5.74) is 6.65. The van der Waals surface area contributed by atoms with Gasteiger partial charge in [0.05, 0.1) is 5.52 Å². The fraction of sp³-hybridized carbons (Fsp3) is 0.143. The van der Waals surface area contributed by atoms with Gasteiger partial charge in [0.15, 0.2) is 18.2 Å². The van der Waals surface area contributed by atoms with Crippen LogP contribution in [0.25, 0.3) is 10.9 Å². The van der Waals surface area contributed by atoms with E-state index in [-0.39, 0.29) is 23.2 Å². The summed E-state index contributed by atoms with van der Waals surface area (Å²) in [6, 6.07) is 10.0. The largest absolute Gasteiger partial charge is 0.482 e. The van der Waals surface area contributed by atoms with Gasteiger partial charge < -0.3 is 20.7 Å². The normalized spacial score (nSPS) is 13.0. The SMILES string of the molecule is C/C=C/C(N)=Nc1nc(C(O)c2ccc(F)cc2)nc2cc(OCC(=O)O)ccc12. The summed E-state index contributed by atoms with van der Waals surface area (Å²) in [6.07, 6.45) is 2.07. The van der Waals surface area contributed by atoms with Crippen molar-refractivity contribution in [2.24, 2.45) is 10.7 Å². The number of aliphatic carboxylic acids is 1. The summed E-state index contributed by atoms with van der Waals surface area (Å²) in [7, 11) is 0. The Hall–Kier alpha value is -3.85. The summed E-state index contributed by atoms with van der Waals surface area (Å²) >= 11 is 0. The Bertz CT molecular complexity index is 1130. The molecule has 1 atom stereocenters. The van der Waals surface area contributed by atoms with Crippen LogP contribution in [0.4, 0.5) is 10.2 Å². The number of allylic oxidation sites excluding steroid dienone is 1. The molecule has 8 nitrogen and oxygen atoms in total. The van der Waals surface area contributed by atoms with Gasteiger partial charge in [0.25, 0.3) is 0 Å². The van der Waals surface area contributed by atoms with Gasteiger partial charge in [-0.1, -0.05) is 18.2 Å². The van der Waals surface area contributed by atoms with E-state index in [1.165, 1.54) is 30.3 Å². The Morgan fingerprint density at radius 3 is 2.67 bits per heavy atom. The first-order chi connectivity index (χ1) is 14.4. The topological polar surface area (TPSA) is 131 Å². The number of ether oxygens (including phenoxy) is 1. The molecule has 154 valence electrons. The van der Waals surface area contributed by atoms with Crippen LogP contribution in [0.1, 0.15) is 24.4 Å². The van der Waals surface area contributed by atoms with E-state index in [4.69, 9.17) is 15.6 Å². The lowest BCUT2D eigenvalue weighted by Gasteiger charge is -2.13. The number of aliphatic hydroxyl groups is 1. The molecule has 0 amide bonds. The molecule has 3 aromatic rings. The third kappa shape index (κ3) is 4.95. The summed E-state index contributed by atoms with van der Waals surface area (Å²) in [6.45, 7) is 1.27. The molecule has 30 heavy (non-hydrogen) atoms. The minimum absolute atomic E-state index is 0.0246. The molecule has 1 heterocycles. The van der Waals surface area contributed by atoms with Gasteiger partial charge in [-0.25, -0.2) is 24.1 Å². The van der Waals surface area contributed by atoms with Crippen molar-refractivity contribution in [2.75, 3.05) is 6.61 Å². The number of nitrogens with zero attached hydrogens (tertiary/aromatic N) is 3. The number of aromatic nitrogens is 2. The van der Waals surface area contributed by atoms with Crippen LogP contribution in [0, 0.1) is 5.82 Å². The Kier molecular flexibility index (Phi) is 6.33. The van der Waals surface area contributed by atoms with Crippen LogP contribution < -0.4 is 10.5 Å². The molecule has 0 saturated carbocycles. The molecular formula is C21H19FN4O4. The zero-order valence-corrected chi connectivity index (χ0v) is 16.0. The smallest absolute Gasteiger partial charge is 0.341 e. The van der Waals surface area contributed by atoms with Crippen LogP contribution >= 0.6 is 0 Å². The number of hydrogen-bond acceptors (Lipinski definition) is 6. The molecule has 4 N–H and O–H groups in total. The number of hydrogen-bond donors (Lipinski definition) is 3. The van der Waals surface area contributed by atoms with Crippen LogP contribution in [0.3, 0.4) is 0 Å². The first-order valence-corrected chi connectivity index (χ1v) is 8.94. The Morgan fingerprint density at radius 2 is 2.00 bits per heavy atom. The van der Waals surface area contributed by atoms with Gasteiger partial charge in [0.1, 0.15) is 23.5 Å². The Labute approximate surface area is 171 Å². The number of aliphatic imine (C=N–C) groups is 1. The quantitative estimate of drug-likeness (QED) is 0.403. The monoisotopic (exact) mass is 410 g/mol. The molecule has 0 aliphatic rings. The second-order valence-electron chi connectivity index (χ2n) is 6.26. The third-order valence-corrected chi connectivity index (χ3v) is 4.03. The lowest BCUT2D eigenvalue weighted by Crippen LogP contribution is -2.10. The van der Waals surface area contributed by atoms with E-state index in [9.17, 15) is 14.3 Å². The molecule has 1 unspecified atom stereocenters. The number of aliphatic hydroxyl groups excluding tert-OH is 1. The van der Waals surface area contributed by atoms with E-state index < -0.39 is 24.5 Å². The zero-order valence-electron chi connectivity index (χ0n) is 16.0. The highest BCUT2D eigenvalue weighted by Gasteiger charge is 2.17. The minimum atomic E-state index is -1.24. The van der Waals surface area contributed by atoms with Crippen LogP contribution in [0.5, 0.6) is 5.75 Å².